The van der Waals surface area contributed by atoms with Crippen LogP contribution in [0.25, 0.3) is 11.3 Å². The molecule has 0 amide bonds. The van der Waals surface area contributed by atoms with E-state index in [4.69, 9.17) is 5.26 Å². The first-order valence-electron chi connectivity index (χ1n) is 4.23. The van der Waals surface area contributed by atoms with Gasteiger partial charge in [-0.1, -0.05) is 24.3 Å². The van der Waals surface area contributed by atoms with E-state index in [1.807, 2.05) is 24.3 Å². The number of hydrogen-bond donors (Lipinski definition) is 0. The van der Waals surface area contributed by atoms with Gasteiger partial charge in [0.15, 0.2) is 0 Å². The predicted octanol–water partition coefficient (Wildman–Crippen LogP) is 2.42. The lowest BCUT2D eigenvalue weighted by Crippen LogP contribution is -1.87. The third-order valence-electron chi connectivity index (χ3n) is 1.92. The molecule has 0 bridgehead atoms. The molecule has 2 rings (SSSR count). The molecule has 0 unspecified atom stereocenters. The molecule has 0 atom stereocenters. The number of rotatable bonds is 1. The minimum absolute atomic E-state index is 0.596. The number of nitriles is 1. The van der Waals surface area contributed by atoms with E-state index in [-0.39, 0.29) is 0 Å². The van der Waals surface area contributed by atoms with Crippen molar-refractivity contribution in [3.05, 3.63) is 54.2 Å². The van der Waals surface area contributed by atoms with Crippen molar-refractivity contribution in [1.82, 2.24) is 4.98 Å². The molecule has 1 aromatic heterocycles. The van der Waals surface area contributed by atoms with Gasteiger partial charge in [0.2, 0.25) is 0 Å². The Morgan fingerprint density at radius 2 is 2.00 bits per heavy atom. The molecule has 14 heavy (non-hydrogen) atoms. The molecule has 0 saturated heterocycles. The summed E-state index contributed by atoms with van der Waals surface area (Å²) >= 11 is 0. The summed E-state index contributed by atoms with van der Waals surface area (Å²) in [6, 6.07) is 16.0. The van der Waals surface area contributed by atoms with E-state index in [1.165, 1.54) is 0 Å². The molecular weight excluding hydrogens is 172 g/mol. The fourth-order valence-corrected chi connectivity index (χ4v) is 1.27. The quantitative estimate of drug-likeness (QED) is 0.674. The van der Waals surface area contributed by atoms with Crippen molar-refractivity contribution in [2.24, 2.45) is 0 Å². The van der Waals surface area contributed by atoms with E-state index in [2.05, 4.69) is 17.1 Å². The summed E-state index contributed by atoms with van der Waals surface area (Å²) in [5.41, 5.74) is 2.27. The number of nitrogens with zero attached hydrogens (tertiary/aromatic N) is 2. The van der Waals surface area contributed by atoms with Crippen LogP contribution in [-0.4, -0.2) is 4.98 Å². The van der Waals surface area contributed by atoms with Gasteiger partial charge in [0, 0.05) is 11.8 Å². The lowest BCUT2D eigenvalue weighted by Gasteiger charge is -2.00. The number of pyridine rings is 1. The Hall–Kier alpha value is -2.14. The maximum absolute atomic E-state index is 8.88. The molecule has 1 heterocycles. The monoisotopic (exact) mass is 179 g/mol. The topological polar surface area (TPSA) is 36.7 Å². The summed E-state index contributed by atoms with van der Waals surface area (Å²) < 4.78 is 0. The van der Waals surface area contributed by atoms with Crippen molar-refractivity contribution in [3.8, 4) is 17.3 Å². The van der Waals surface area contributed by atoms with E-state index in [0.717, 1.165) is 11.3 Å². The molecule has 65 valence electrons. The zero-order chi connectivity index (χ0) is 9.80. The van der Waals surface area contributed by atoms with Crippen molar-refractivity contribution < 1.29 is 0 Å². The van der Waals surface area contributed by atoms with Crippen LogP contribution in [0.1, 0.15) is 5.56 Å². The van der Waals surface area contributed by atoms with Crippen LogP contribution in [0.4, 0.5) is 0 Å². The van der Waals surface area contributed by atoms with E-state index in [1.54, 1.807) is 18.3 Å². The van der Waals surface area contributed by atoms with Crippen molar-refractivity contribution in [1.29, 1.82) is 5.26 Å². The van der Waals surface area contributed by atoms with Crippen LogP contribution in [0.2, 0.25) is 0 Å². The van der Waals surface area contributed by atoms with Gasteiger partial charge < -0.3 is 0 Å². The third-order valence-corrected chi connectivity index (χ3v) is 1.92. The van der Waals surface area contributed by atoms with Gasteiger partial charge in [-0.25, -0.2) is 0 Å². The highest BCUT2D eigenvalue weighted by atomic mass is 14.7. The second-order valence-electron chi connectivity index (χ2n) is 2.80. The van der Waals surface area contributed by atoms with Crippen LogP contribution in [0.15, 0.2) is 42.6 Å². The van der Waals surface area contributed by atoms with Gasteiger partial charge >= 0.3 is 0 Å². The molecule has 0 spiro atoms. The summed E-state index contributed by atoms with van der Waals surface area (Å²) in [7, 11) is 0. The highest BCUT2D eigenvalue weighted by molar-refractivity contribution is 5.65. The minimum atomic E-state index is 0.596. The number of hydrogen-bond acceptors (Lipinski definition) is 2. The van der Waals surface area contributed by atoms with Gasteiger partial charge in [0.25, 0.3) is 0 Å². The molecule has 2 aromatic rings. The third kappa shape index (κ3) is 1.48. The fraction of sp³-hybridized carbons (Fsp3) is 0. The largest absolute Gasteiger partial charge is 0.255 e. The smallest absolute Gasteiger partial charge is 0.101 e. The second-order valence-corrected chi connectivity index (χ2v) is 2.80. The van der Waals surface area contributed by atoms with Crippen LogP contribution in [-0.2, 0) is 0 Å². The van der Waals surface area contributed by atoms with Crippen LogP contribution < -0.4 is 0 Å². The van der Waals surface area contributed by atoms with Crippen molar-refractivity contribution in [2.75, 3.05) is 0 Å². The molecule has 1 radical (unpaired) electrons. The van der Waals surface area contributed by atoms with Gasteiger partial charge in [-0.05, 0) is 18.2 Å². The van der Waals surface area contributed by atoms with Crippen LogP contribution in [0, 0.1) is 17.4 Å². The highest BCUT2D eigenvalue weighted by Gasteiger charge is 2.03. The van der Waals surface area contributed by atoms with Crippen LogP contribution in [0.5, 0.6) is 0 Å². The second kappa shape index (κ2) is 3.71. The summed E-state index contributed by atoms with van der Waals surface area (Å²) in [6.45, 7) is 0. The molecule has 0 aliphatic heterocycles. The molecule has 1 aromatic carbocycles. The van der Waals surface area contributed by atoms with Crippen molar-refractivity contribution in [3.63, 3.8) is 0 Å². The lowest BCUT2D eigenvalue weighted by molar-refractivity contribution is 1.30. The van der Waals surface area contributed by atoms with Gasteiger partial charge in [-0.15, -0.1) is 0 Å². The molecule has 0 aliphatic rings. The molecule has 2 nitrogen and oxygen atoms in total. The summed E-state index contributed by atoms with van der Waals surface area (Å²) in [4.78, 5) is 4.18. The lowest BCUT2D eigenvalue weighted by atomic mass is 10.1. The van der Waals surface area contributed by atoms with Gasteiger partial charge in [0.05, 0.1) is 11.3 Å². The number of aromatic nitrogens is 1. The predicted molar refractivity (Wildman–Crippen MR) is 53.2 cm³/mol. The first kappa shape index (κ1) is 8.46. The summed E-state index contributed by atoms with van der Waals surface area (Å²) in [6.07, 6.45) is 1.69. The van der Waals surface area contributed by atoms with Crippen molar-refractivity contribution >= 4 is 0 Å². The molecule has 0 fully saturated rings. The SMILES string of the molecule is N#Cc1cccnc1-c1cc[c]cc1. The Morgan fingerprint density at radius 3 is 2.71 bits per heavy atom. The van der Waals surface area contributed by atoms with Crippen molar-refractivity contribution in [2.45, 2.75) is 0 Å². The van der Waals surface area contributed by atoms with Gasteiger partial charge in [0.1, 0.15) is 6.07 Å². The van der Waals surface area contributed by atoms with E-state index in [9.17, 15) is 0 Å². The standard InChI is InChI=1S/C12H7N2/c13-9-11-7-4-8-14-12(11)10-5-2-1-3-6-10/h2-8H. The molecular formula is C12H7N2. The normalized spacial score (nSPS) is 9.36. The Labute approximate surface area is 82.5 Å². The Kier molecular flexibility index (Phi) is 2.24. The maximum atomic E-state index is 8.88. The molecule has 0 N–H and O–H groups in total. The highest BCUT2D eigenvalue weighted by Crippen LogP contribution is 2.19. The van der Waals surface area contributed by atoms with E-state index < -0.39 is 0 Å². The Balaban J connectivity index is 2.58. The fourth-order valence-electron chi connectivity index (χ4n) is 1.27. The molecule has 0 saturated carbocycles. The minimum Gasteiger partial charge on any atom is -0.255 e. The van der Waals surface area contributed by atoms with Gasteiger partial charge in [-0.2, -0.15) is 5.26 Å². The molecule has 2 heteroatoms. The summed E-state index contributed by atoms with van der Waals surface area (Å²) in [5.74, 6) is 0. The zero-order valence-electron chi connectivity index (χ0n) is 7.44. The first-order chi connectivity index (χ1) is 6.92. The Morgan fingerprint density at radius 1 is 1.21 bits per heavy atom. The average Bonchev–Trinajstić information content (AvgIpc) is 2.30. The van der Waals surface area contributed by atoms with E-state index in [0.29, 0.717) is 5.56 Å². The number of benzene rings is 1. The zero-order valence-corrected chi connectivity index (χ0v) is 7.44. The Bertz CT molecular complexity index is 469. The van der Waals surface area contributed by atoms with Crippen LogP contribution >= 0.6 is 0 Å². The van der Waals surface area contributed by atoms with E-state index >= 15 is 0 Å². The first-order valence-corrected chi connectivity index (χ1v) is 4.23. The van der Waals surface area contributed by atoms with Crippen LogP contribution in [0.3, 0.4) is 0 Å². The maximum Gasteiger partial charge on any atom is 0.101 e. The molecule has 0 aliphatic carbocycles. The average molecular weight is 179 g/mol. The summed E-state index contributed by atoms with van der Waals surface area (Å²) in [5, 5.41) is 8.88. The van der Waals surface area contributed by atoms with Gasteiger partial charge in [-0.3, -0.25) is 4.98 Å².